The van der Waals surface area contributed by atoms with Gasteiger partial charge in [-0.15, -0.1) is 6.42 Å². The predicted octanol–water partition coefficient (Wildman–Crippen LogP) is 2.67. The maximum absolute atomic E-state index is 12.3. The highest BCUT2D eigenvalue weighted by Crippen LogP contribution is 2.18. The summed E-state index contributed by atoms with van der Waals surface area (Å²) in [6, 6.07) is 12.4. The molecule has 2 aromatic carbocycles. The van der Waals surface area contributed by atoms with Crippen LogP contribution < -0.4 is 4.72 Å². The van der Waals surface area contributed by atoms with E-state index in [9.17, 15) is 13.2 Å². The molecule has 0 saturated carbocycles. The van der Waals surface area contributed by atoms with Gasteiger partial charge in [-0.3, -0.25) is 9.52 Å². The number of hydrogen-bond acceptors (Lipinski definition) is 3. The number of carbonyl (C=O) groups is 1. The fourth-order valence-electron chi connectivity index (χ4n) is 1.77. The zero-order valence-corrected chi connectivity index (χ0v) is 12.1. The van der Waals surface area contributed by atoms with Crippen LogP contribution >= 0.6 is 0 Å². The van der Waals surface area contributed by atoms with Gasteiger partial charge in [0.05, 0.1) is 10.6 Å². The van der Waals surface area contributed by atoms with Crippen LogP contribution in [0.25, 0.3) is 0 Å². The molecular formula is C16H13NO3S. The van der Waals surface area contributed by atoms with Crippen molar-refractivity contribution >= 4 is 21.5 Å². The van der Waals surface area contributed by atoms with Gasteiger partial charge >= 0.3 is 0 Å². The van der Waals surface area contributed by atoms with Crippen molar-refractivity contribution in [2.45, 2.75) is 11.8 Å². The van der Waals surface area contributed by atoms with E-state index in [2.05, 4.69) is 10.6 Å². The lowest BCUT2D eigenvalue weighted by atomic mass is 10.2. The van der Waals surface area contributed by atoms with Crippen molar-refractivity contribution in [1.82, 2.24) is 0 Å². The average Bonchev–Trinajstić information content (AvgIpc) is 2.47. The fraction of sp³-hybridized carbons (Fsp3) is 0.0625. The van der Waals surface area contributed by atoms with Gasteiger partial charge in [0.15, 0.2) is 5.78 Å². The van der Waals surface area contributed by atoms with Gasteiger partial charge in [0.25, 0.3) is 10.0 Å². The highest BCUT2D eigenvalue weighted by molar-refractivity contribution is 7.92. The van der Waals surface area contributed by atoms with Crippen LogP contribution in [-0.4, -0.2) is 14.2 Å². The number of ketones is 1. The van der Waals surface area contributed by atoms with Crippen LogP contribution in [0.5, 0.6) is 0 Å². The van der Waals surface area contributed by atoms with Gasteiger partial charge < -0.3 is 0 Å². The van der Waals surface area contributed by atoms with E-state index in [4.69, 9.17) is 6.42 Å². The number of hydrogen-bond donors (Lipinski definition) is 1. The van der Waals surface area contributed by atoms with Crippen molar-refractivity contribution in [3.05, 3.63) is 59.7 Å². The molecule has 0 unspecified atom stereocenters. The molecule has 0 fully saturated rings. The van der Waals surface area contributed by atoms with Crippen LogP contribution in [0.15, 0.2) is 53.4 Å². The second kappa shape index (κ2) is 5.81. The molecular weight excluding hydrogens is 286 g/mol. The summed E-state index contributed by atoms with van der Waals surface area (Å²) < 4.78 is 27.0. The van der Waals surface area contributed by atoms with E-state index < -0.39 is 10.0 Å². The molecule has 106 valence electrons. The second-order valence-corrected chi connectivity index (χ2v) is 6.10. The van der Waals surface area contributed by atoms with Crippen molar-refractivity contribution in [1.29, 1.82) is 0 Å². The molecule has 0 heterocycles. The smallest absolute Gasteiger partial charge is 0.261 e. The summed E-state index contributed by atoms with van der Waals surface area (Å²) in [5.41, 5.74) is 1.29. The summed E-state index contributed by atoms with van der Waals surface area (Å²) in [4.78, 5) is 11.4. The Morgan fingerprint density at radius 3 is 2.52 bits per heavy atom. The molecule has 0 amide bonds. The maximum atomic E-state index is 12.3. The van der Waals surface area contributed by atoms with Crippen LogP contribution in [-0.2, 0) is 10.0 Å². The molecule has 1 N–H and O–H groups in total. The van der Waals surface area contributed by atoms with Gasteiger partial charge in [0, 0.05) is 11.1 Å². The average molecular weight is 299 g/mol. The van der Waals surface area contributed by atoms with Crippen LogP contribution in [0.2, 0.25) is 0 Å². The summed E-state index contributed by atoms with van der Waals surface area (Å²) in [5, 5.41) is 0. The lowest BCUT2D eigenvalue weighted by molar-refractivity contribution is 0.101. The van der Waals surface area contributed by atoms with E-state index in [1.54, 1.807) is 30.3 Å². The Kier molecular flexibility index (Phi) is 4.10. The molecule has 0 radical (unpaired) electrons. The molecule has 0 aliphatic heterocycles. The minimum atomic E-state index is -3.77. The van der Waals surface area contributed by atoms with Crippen LogP contribution in [0, 0.1) is 12.3 Å². The van der Waals surface area contributed by atoms with E-state index in [1.165, 1.54) is 25.1 Å². The first-order valence-corrected chi connectivity index (χ1v) is 7.61. The Balaban J connectivity index is 2.36. The predicted molar refractivity (Wildman–Crippen MR) is 81.6 cm³/mol. The largest absolute Gasteiger partial charge is 0.295 e. The highest BCUT2D eigenvalue weighted by atomic mass is 32.2. The lowest BCUT2D eigenvalue weighted by Gasteiger charge is -2.09. The van der Waals surface area contributed by atoms with Crippen molar-refractivity contribution < 1.29 is 13.2 Å². The molecule has 0 spiro atoms. The van der Waals surface area contributed by atoms with Crippen LogP contribution in [0.1, 0.15) is 22.8 Å². The minimum absolute atomic E-state index is 0.0290. The highest BCUT2D eigenvalue weighted by Gasteiger charge is 2.15. The number of terminal acetylenes is 1. The van der Waals surface area contributed by atoms with Gasteiger partial charge in [-0.25, -0.2) is 8.42 Å². The summed E-state index contributed by atoms with van der Waals surface area (Å²) >= 11 is 0. The summed E-state index contributed by atoms with van der Waals surface area (Å²) in [6.45, 7) is 1.38. The summed E-state index contributed by atoms with van der Waals surface area (Å²) in [5.74, 6) is 2.24. The topological polar surface area (TPSA) is 63.2 Å². The first-order valence-electron chi connectivity index (χ1n) is 6.13. The zero-order valence-electron chi connectivity index (χ0n) is 11.3. The summed E-state index contributed by atoms with van der Waals surface area (Å²) in [7, 11) is -3.77. The van der Waals surface area contributed by atoms with Crippen LogP contribution in [0.4, 0.5) is 5.69 Å². The molecule has 0 aliphatic rings. The number of benzene rings is 2. The van der Waals surface area contributed by atoms with Crippen molar-refractivity contribution in [3.8, 4) is 12.3 Å². The molecule has 5 heteroatoms. The van der Waals surface area contributed by atoms with E-state index in [0.29, 0.717) is 16.8 Å². The Hall–Kier alpha value is -2.58. The SMILES string of the molecule is C#Cc1cccc(NS(=O)(=O)c2cccc(C(C)=O)c2)c1. The molecule has 0 aromatic heterocycles. The van der Waals surface area contributed by atoms with Crippen LogP contribution in [0.3, 0.4) is 0 Å². The molecule has 2 aromatic rings. The number of sulfonamides is 1. The van der Waals surface area contributed by atoms with Gasteiger partial charge in [-0.1, -0.05) is 24.1 Å². The molecule has 0 atom stereocenters. The summed E-state index contributed by atoms with van der Waals surface area (Å²) in [6.07, 6.45) is 5.28. The van der Waals surface area contributed by atoms with Gasteiger partial charge in [0.2, 0.25) is 0 Å². The number of carbonyl (C=O) groups excluding carboxylic acids is 1. The van der Waals surface area contributed by atoms with Crippen molar-refractivity contribution in [3.63, 3.8) is 0 Å². The first kappa shape index (κ1) is 14.8. The van der Waals surface area contributed by atoms with E-state index in [-0.39, 0.29) is 10.7 Å². The van der Waals surface area contributed by atoms with Crippen molar-refractivity contribution in [2.75, 3.05) is 4.72 Å². The number of nitrogens with one attached hydrogen (secondary N) is 1. The van der Waals surface area contributed by atoms with E-state index >= 15 is 0 Å². The maximum Gasteiger partial charge on any atom is 0.261 e. The number of rotatable bonds is 4. The molecule has 0 bridgehead atoms. The number of anilines is 1. The Bertz CT molecular complexity index is 833. The Morgan fingerprint density at radius 2 is 1.86 bits per heavy atom. The third kappa shape index (κ3) is 3.50. The van der Waals surface area contributed by atoms with Crippen molar-refractivity contribution in [2.24, 2.45) is 0 Å². The van der Waals surface area contributed by atoms with E-state index in [1.807, 2.05) is 0 Å². The molecule has 0 saturated heterocycles. The lowest BCUT2D eigenvalue weighted by Crippen LogP contribution is -2.13. The quantitative estimate of drug-likeness (QED) is 0.697. The second-order valence-electron chi connectivity index (χ2n) is 4.41. The van der Waals surface area contributed by atoms with Gasteiger partial charge in [-0.2, -0.15) is 0 Å². The standard InChI is InChI=1S/C16H13NO3S/c1-3-13-6-4-8-15(10-13)17-21(19,20)16-9-5-7-14(11-16)12(2)18/h1,4-11,17H,2H3. The van der Waals surface area contributed by atoms with E-state index in [0.717, 1.165) is 0 Å². The number of Topliss-reactive ketones (excluding diaryl/α,β-unsaturated/α-hetero) is 1. The molecule has 21 heavy (non-hydrogen) atoms. The molecule has 4 nitrogen and oxygen atoms in total. The molecule has 0 aliphatic carbocycles. The minimum Gasteiger partial charge on any atom is -0.295 e. The van der Waals surface area contributed by atoms with Gasteiger partial charge in [0.1, 0.15) is 0 Å². The fourth-order valence-corrected chi connectivity index (χ4v) is 2.86. The normalized spacial score (nSPS) is 10.7. The Morgan fingerprint density at radius 1 is 1.14 bits per heavy atom. The third-order valence-corrected chi connectivity index (χ3v) is 4.21. The van der Waals surface area contributed by atoms with Gasteiger partial charge in [-0.05, 0) is 37.3 Å². The molecule has 2 rings (SSSR count). The monoisotopic (exact) mass is 299 g/mol. The third-order valence-electron chi connectivity index (χ3n) is 2.83. The zero-order chi connectivity index (χ0) is 15.5. The Labute approximate surface area is 123 Å². The first-order chi connectivity index (χ1) is 9.92.